The molecule has 4 heterocycles. The number of hydrogen-bond donors (Lipinski definition) is 2. The van der Waals surface area contributed by atoms with Gasteiger partial charge in [-0.1, -0.05) is 30.0 Å². The molecule has 1 aliphatic carbocycles. The first-order chi connectivity index (χ1) is 21.3. The number of H-pyrrole nitrogens is 1. The first-order valence-corrected chi connectivity index (χ1v) is 16.4. The topological polar surface area (TPSA) is 90.9 Å². The molecule has 3 aromatic heterocycles. The van der Waals surface area contributed by atoms with Crippen molar-refractivity contribution in [1.82, 2.24) is 20.0 Å². The van der Waals surface area contributed by atoms with Crippen LogP contribution in [-0.4, -0.2) is 90.7 Å². The van der Waals surface area contributed by atoms with Crippen LogP contribution >= 0.6 is 38.6 Å². The maximum Gasteiger partial charge on any atom is 0.345 e. The van der Waals surface area contributed by atoms with Crippen molar-refractivity contribution in [1.29, 1.82) is 0 Å². The molecule has 0 amide bonds. The van der Waals surface area contributed by atoms with E-state index < -0.39 is 12.6 Å². The molecule has 8 nitrogen and oxygen atoms in total. The molecular formula is C31H31BrF2N4O4S2. The molecule has 2 aliphatic rings. The number of alkyl halides is 2. The van der Waals surface area contributed by atoms with E-state index in [0.717, 1.165) is 64.8 Å². The number of aromatic amines is 1. The van der Waals surface area contributed by atoms with E-state index in [2.05, 4.69) is 83.1 Å². The van der Waals surface area contributed by atoms with Gasteiger partial charge in [-0.15, -0.1) is 22.7 Å². The molecule has 44 heavy (non-hydrogen) atoms. The minimum atomic E-state index is -2.77. The summed E-state index contributed by atoms with van der Waals surface area (Å²) in [5, 5.41) is 19.9. The highest BCUT2D eigenvalue weighted by Crippen LogP contribution is 2.41. The number of carboxylic acids is 1. The van der Waals surface area contributed by atoms with Crippen LogP contribution in [0, 0.1) is 11.8 Å². The van der Waals surface area contributed by atoms with E-state index in [4.69, 9.17) is 9.84 Å². The molecule has 1 fully saturated rings. The number of nitrogens with zero attached hydrogens (tertiary/aromatic N) is 3. The largest absolute Gasteiger partial charge is 0.478 e. The fourth-order valence-electron chi connectivity index (χ4n) is 4.98. The Kier molecular flexibility index (Phi) is 11.3. The van der Waals surface area contributed by atoms with Crippen molar-refractivity contribution >= 4 is 44.6 Å². The maximum absolute atomic E-state index is 11.9. The normalized spacial score (nSPS) is 14.5. The number of ether oxygens (including phenoxy) is 2. The van der Waals surface area contributed by atoms with Crippen LogP contribution in [0.4, 0.5) is 8.78 Å². The first kappa shape index (κ1) is 32.4. The number of piperazine rings is 1. The third kappa shape index (κ3) is 8.60. The number of thiophene rings is 2. The predicted molar refractivity (Wildman–Crippen MR) is 172 cm³/mol. The van der Waals surface area contributed by atoms with Gasteiger partial charge in [0.15, 0.2) is 0 Å². The summed E-state index contributed by atoms with van der Waals surface area (Å²) in [4.78, 5) is 16.0. The van der Waals surface area contributed by atoms with Gasteiger partial charge < -0.3 is 19.5 Å². The van der Waals surface area contributed by atoms with Gasteiger partial charge in [0.2, 0.25) is 0 Å². The van der Waals surface area contributed by atoms with Crippen LogP contribution in [0.1, 0.15) is 31.9 Å². The van der Waals surface area contributed by atoms with E-state index in [0.29, 0.717) is 5.56 Å². The van der Waals surface area contributed by atoms with Gasteiger partial charge in [0.1, 0.15) is 6.61 Å². The Hall–Kier alpha value is -2.96. The van der Waals surface area contributed by atoms with Gasteiger partial charge in [-0.05, 0) is 46.2 Å². The van der Waals surface area contributed by atoms with Crippen molar-refractivity contribution in [2.45, 2.75) is 19.6 Å². The molecule has 232 valence electrons. The van der Waals surface area contributed by atoms with Crippen LogP contribution in [0.2, 0.25) is 0 Å². The summed E-state index contributed by atoms with van der Waals surface area (Å²) >= 11 is 6.08. The molecule has 4 aromatic rings. The summed E-state index contributed by atoms with van der Waals surface area (Å²) in [6.45, 7) is 2.82. The summed E-state index contributed by atoms with van der Waals surface area (Å²) in [6, 6.07) is 10.4. The van der Waals surface area contributed by atoms with E-state index in [-0.39, 0.29) is 19.8 Å². The molecule has 0 atom stereocenters. The third-order valence-corrected chi connectivity index (χ3v) is 9.57. The van der Waals surface area contributed by atoms with E-state index in [9.17, 15) is 13.6 Å². The Morgan fingerprint density at radius 3 is 2.68 bits per heavy atom. The smallest absolute Gasteiger partial charge is 0.345 e. The summed E-state index contributed by atoms with van der Waals surface area (Å²) in [5.74, 6) is 5.11. The molecule has 0 bridgehead atoms. The van der Waals surface area contributed by atoms with Gasteiger partial charge in [0.05, 0.1) is 38.8 Å². The zero-order valence-corrected chi connectivity index (χ0v) is 27.2. The molecule has 0 unspecified atom stereocenters. The Labute approximate surface area is 270 Å². The molecule has 0 radical (unpaired) electrons. The number of rotatable bonds is 9. The number of fused-ring (bicyclic) bond motifs is 3. The quantitative estimate of drug-likeness (QED) is 0.138. The summed E-state index contributed by atoms with van der Waals surface area (Å²) in [7, 11) is 2.18. The summed E-state index contributed by atoms with van der Waals surface area (Å²) in [6.07, 6.45) is 0.873. The highest BCUT2D eigenvalue weighted by atomic mass is 79.9. The highest BCUT2D eigenvalue weighted by molar-refractivity contribution is 9.11. The molecule has 0 spiro atoms. The molecule has 2 N–H and O–H groups in total. The van der Waals surface area contributed by atoms with Crippen LogP contribution < -0.4 is 0 Å². The van der Waals surface area contributed by atoms with Gasteiger partial charge in [-0.3, -0.25) is 10.00 Å². The number of aromatic carboxylic acids is 1. The monoisotopic (exact) mass is 704 g/mol. The van der Waals surface area contributed by atoms with Crippen LogP contribution in [0.3, 0.4) is 0 Å². The van der Waals surface area contributed by atoms with Crippen molar-refractivity contribution < 1.29 is 28.2 Å². The number of likely N-dealkylation sites (N-methyl/N-ethyl adjacent to an activating group) is 1. The van der Waals surface area contributed by atoms with Crippen molar-refractivity contribution in [3.05, 3.63) is 72.0 Å². The SMILES string of the molecule is CN1CCN(Cc2ccc3c(c2)Cc2c(-c4csc(C#CCOCCOC(F)F)c4)n[nH]c2-3)CC1.O=C(O)c1csc(Br)c1. The fourth-order valence-corrected chi connectivity index (χ4v) is 6.87. The number of carbonyl (C=O) groups is 1. The average Bonchev–Trinajstić information content (AvgIpc) is 3.79. The number of aromatic nitrogens is 2. The van der Waals surface area contributed by atoms with E-state index in [1.165, 1.54) is 33.6 Å². The lowest BCUT2D eigenvalue weighted by atomic mass is 10.0. The standard InChI is InChI=1S/C26H28F2N4O2S.C5H3BrO2S/c1-31-6-8-32(9-7-31)16-18-4-5-22-19(13-18)15-23-24(29-30-25(22)23)20-14-21(35-17-20)3-2-10-33-11-12-34-26(27)28;6-4-1-3(2-9-4)5(7)8/h4-5,13-14,17,26H,6-12,15-16H2,1H3,(H,29,30);1-2H,(H,7,8). The van der Waals surface area contributed by atoms with E-state index in [1.54, 1.807) is 22.8 Å². The molecular weight excluding hydrogens is 674 g/mol. The first-order valence-electron chi connectivity index (χ1n) is 13.9. The number of carboxylic acid groups (broad SMARTS) is 1. The zero-order valence-electron chi connectivity index (χ0n) is 23.9. The number of hydrogen-bond acceptors (Lipinski definition) is 8. The van der Waals surface area contributed by atoms with Crippen molar-refractivity contribution in [3.8, 4) is 34.4 Å². The second-order valence-electron chi connectivity index (χ2n) is 10.3. The van der Waals surface area contributed by atoms with E-state index >= 15 is 0 Å². The average molecular weight is 706 g/mol. The lowest BCUT2D eigenvalue weighted by Gasteiger charge is -2.32. The molecule has 1 aromatic carbocycles. The van der Waals surface area contributed by atoms with Gasteiger partial charge in [-0.2, -0.15) is 13.9 Å². The van der Waals surface area contributed by atoms with Crippen molar-refractivity contribution in [2.75, 3.05) is 53.0 Å². The second-order valence-corrected chi connectivity index (χ2v) is 13.5. The van der Waals surface area contributed by atoms with Crippen molar-refractivity contribution in [3.63, 3.8) is 0 Å². The van der Waals surface area contributed by atoms with E-state index in [1.807, 2.05) is 6.07 Å². The third-order valence-electron chi connectivity index (χ3n) is 7.22. The molecule has 13 heteroatoms. The van der Waals surface area contributed by atoms with Gasteiger partial charge >= 0.3 is 12.6 Å². The lowest BCUT2D eigenvalue weighted by molar-refractivity contribution is -0.138. The Morgan fingerprint density at radius 1 is 1.16 bits per heavy atom. The zero-order chi connectivity index (χ0) is 31.1. The molecule has 1 saturated heterocycles. The van der Waals surface area contributed by atoms with Crippen LogP contribution in [0.15, 0.2) is 44.9 Å². The fraction of sp³-hybridized carbons (Fsp3) is 0.355. The highest BCUT2D eigenvalue weighted by Gasteiger charge is 2.26. The Morgan fingerprint density at radius 2 is 1.98 bits per heavy atom. The summed E-state index contributed by atoms with van der Waals surface area (Å²) < 4.78 is 34.0. The van der Waals surface area contributed by atoms with Crippen LogP contribution in [0.25, 0.3) is 22.5 Å². The minimum Gasteiger partial charge on any atom is -0.478 e. The second kappa shape index (κ2) is 15.4. The van der Waals surface area contributed by atoms with Gasteiger partial charge in [-0.25, -0.2) is 4.79 Å². The Bertz CT molecular complexity index is 1640. The number of benzene rings is 1. The number of nitrogens with one attached hydrogen (secondary N) is 1. The lowest BCUT2D eigenvalue weighted by Crippen LogP contribution is -2.43. The van der Waals surface area contributed by atoms with Gasteiger partial charge in [0.25, 0.3) is 0 Å². The Balaban J connectivity index is 0.000000367. The molecule has 0 saturated carbocycles. The predicted octanol–water partition coefficient (Wildman–Crippen LogP) is 6.27. The van der Waals surface area contributed by atoms with Gasteiger partial charge in [0, 0.05) is 66.6 Å². The maximum atomic E-state index is 11.9. The summed E-state index contributed by atoms with van der Waals surface area (Å²) in [5.41, 5.74) is 8.66. The van der Waals surface area contributed by atoms with Crippen LogP contribution in [-0.2, 0) is 22.4 Å². The van der Waals surface area contributed by atoms with Crippen LogP contribution in [0.5, 0.6) is 0 Å². The molecule has 6 rings (SSSR count). The number of halogens is 3. The minimum absolute atomic E-state index is 0.0891. The van der Waals surface area contributed by atoms with Crippen molar-refractivity contribution in [2.24, 2.45) is 0 Å². The molecule has 1 aliphatic heterocycles.